The maximum Gasteiger partial charge on any atom is 0.0423 e. The minimum Gasteiger partial charge on any atom is -0.380 e. The van der Waals surface area contributed by atoms with Gasteiger partial charge < -0.3 is 5.32 Å². The summed E-state index contributed by atoms with van der Waals surface area (Å²) in [4.78, 5) is 1.25. The first-order chi connectivity index (χ1) is 8.29. The molecule has 2 aromatic rings. The number of anilines is 1. The van der Waals surface area contributed by atoms with Crippen LogP contribution >= 0.6 is 23.4 Å². The van der Waals surface area contributed by atoms with Gasteiger partial charge in [-0.15, -0.1) is 11.8 Å². The summed E-state index contributed by atoms with van der Waals surface area (Å²) in [5, 5.41) is 4.11. The van der Waals surface area contributed by atoms with E-state index < -0.39 is 0 Å². The fourth-order valence-corrected chi connectivity index (χ4v) is 2.37. The van der Waals surface area contributed by atoms with Crippen molar-refractivity contribution in [3.05, 3.63) is 59.1 Å². The lowest BCUT2D eigenvalue weighted by atomic mass is 10.2. The minimum atomic E-state index is 0.761. The first-order valence-corrected chi connectivity index (χ1v) is 6.93. The Morgan fingerprint density at radius 3 is 2.88 bits per heavy atom. The third kappa shape index (κ3) is 3.42. The zero-order valence-corrected chi connectivity index (χ0v) is 11.1. The smallest absolute Gasteiger partial charge is 0.0423 e. The number of nitrogens with one attached hydrogen (secondary N) is 1. The van der Waals surface area contributed by atoms with E-state index in [1.165, 1.54) is 10.5 Å². The average molecular weight is 263 g/mol. The lowest BCUT2D eigenvalue weighted by molar-refractivity contribution is 1.09. The van der Waals surface area contributed by atoms with Gasteiger partial charge in [0.25, 0.3) is 0 Å². The van der Waals surface area contributed by atoms with Crippen LogP contribution in [0, 0.1) is 6.07 Å². The molecular formula is C14H13ClNS. The molecule has 0 fully saturated rings. The van der Waals surface area contributed by atoms with Crippen molar-refractivity contribution in [2.75, 3.05) is 11.6 Å². The largest absolute Gasteiger partial charge is 0.380 e. The molecule has 1 nitrogen and oxygen atoms in total. The number of benzene rings is 2. The minimum absolute atomic E-state index is 0.761. The molecule has 0 atom stereocenters. The van der Waals surface area contributed by atoms with E-state index in [0.29, 0.717) is 0 Å². The highest BCUT2D eigenvalue weighted by Gasteiger charge is 2.02. The van der Waals surface area contributed by atoms with Crippen LogP contribution in [0.4, 0.5) is 5.69 Å². The highest BCUT2D eigenvalue weighted by Crippen LogP contribution is 2.24. The average Bonchev–Trinajstić information content (AvgIpc) is 2.38. The third-order valence-corrected chi connectivity index (χ3v) is 3.49. The Kier molecular flexibility index (Phi) is 4.35. The van der Waals surface area contributed by atoms with Crippen LogP contribution in [0.5, 0.6) is 0 Å². The zero-order chi connectivity index (χ0) is 12.1. The van der Waals surface area contributed by atoms with Crippen molar-refractivity contribution in [3.8, 4) is 0 Å². The molecule has 1 N–H and O–H groups in total. The highest BCUT2D eigenvalue weighted by molar-refractivity contribution is 7.98. The molecule has 0 aromatic heterocycles. The van der Waals surface area contributed by atoms with Crippen molar-refractivity contribution in [3.63, 3.8) is 0 Å². The van der Waals surface area contributed by atoms with Gasteiger partial charge in [-0.1, -0.05) is 29.8 Å². The van der Waals surface area contributed by atoms with E-state index >= 15 is 0 Å². The van der Waals surface area contributed by atoms with E-state index in [9.17, 15) is 0 Å². The monoisotopic (exact) mass is 262 g/mol. The van der Waals surface area contributed by atoms with Gasteiger partial charge in [0.1, 0.15) is 0 Å². The molecule has 0 aliphatic heterocycles. The first-order valence-electron chi connectivity index (χ1n) is 5.32. The number of para-hydroxylation sites is 1. The topological polar surface area (TPSA) is 12.0 Å². The van der Waals surface area contributed by atoms with Gasteiger partial charge in [0.05, 0.1) is 0 Å². The van der Waals surface area contributed by atoms with Gasteiger partial charge in [-0.3, -0.25) is 0 Å². The third-order valence-electron chi connectivity index (χ3n) is 2.42. The van der Waals surface area contributed by atoms with E-state index in [4.69, 9.17) is 11.6 Å². The van der Waals surface area contributed by atoms with Crippen LogP contribution in [-0.4, -0.2) is 6.26 Å². The van der Waals surface area contributed by atoms with Gasteiger partial charge in [-0.2, -0.15) is 0 Å². The van der Waals surface area contributed by atoms with E-state index in [0.717, 1.165) is 17.3 Å². The lowest BCUT2D eigenvalue weighted by Crippen LogP contribution is -2.00. The van der Waals surface area contributed by atoms with Crippen molar-refractivity contribution < 1.29 is 0 Å². The number of hydrogen-bond donors (Lipinski definition) is 1. The van der Waals surface area contributed by atoms with Crippen LogP contribution in [0.2, 0.25) is 5.02 Å². The van der Waals surface area contributed by atoms with E-state index in [2.05, 4.69) is 23.7 Å². The van der Waals surface area contributed by atoms with Crippen LogP contribution in [0.1, 0.15) is 5.56 Å². The summed E-state index contributed by atoms with van der Waals surface area (Å²) in [5.41, 5.74) is 2.21. The Bertz CT molecular complexity index is 485. The number of rotatable bonds is 4. The van der Waals surface area contributed by atoms with E-state index in [-0.39, 0.29) is 0 Å². The summed E-state index contributed by atoms with van der Waals surface area (Å²) in [6, 6.07) is 17.0. The van der Waals surface area contributed by atoms with Crippen LogP contribution in [0.15, 0.2) is 47.4 Å². The van der Waals surface area contributed by atoms with Crippen LogP contribution in [0.25, 0.3) is 0 Å². The Morgan fingerprint density at radius 2 is 2.18 bits per heavy atom. The van der Waals surface area contributed by atoms with Crippen LogP contribution < -0.4 is 5.32 Å². The fraction of sp³-hybridized carbons (Fsp3) is 0.143. The molecule has 0 spiro atoms. The fourth-order valence-electron chi connectivity index (χ4n) is 1.58. The van der Waals surface area contributed by atoms with Gasteiger partial charge in [-0.05, 0) is 36.1 Å². The number of thioether (sulfide) groups is 1. The molecule has 2 rings (SSSR count). The van der Waals surface area contributed by atoms with Gasteiger partial charge >= 0.3 is 0 Å². The Labute approximate surface area is 111 Å². The van der Waals surface area contributed by atoms with Crippen molar-refractivity contribution in [1.29, 1.82) is 0 Å². The molecule has 0 bridgehead atoms. The molecule has 0 unspecified atom stereocenters. The normalized spacial score (nSPS) is 10.2. The molecule has 2 aromatic carbocycles. The molecule has 87 valence electrons. The molecule has 3 heteroatoms. The van der Waals surface area contributed by atoms with Crippen molar-refractivity contribution in [1.82, 2.24) is 0 Å². The Balaban J connectivity index is 2.11. The SMILES string of the molecule is CSc1ccc(Cl)cc1CNc1[c]cccc1. The predicted molar refractivity (Wildman–Crippen MR) is 75.8 cm³/mol. The van der Waals surface area contributed by atoms with Crippen molar-refractivity contribution in [2.24, 2.45) is 0 Å². The summed E-state index contributed by atoms with van der Waals surface area (Å²) in [6.45, 7) is 0.761. The molecule has 17 heavy (non-hydrogen) atoms. The first kappa shape index (κ1) is 12.3. The highest BCUT2D eigenvalue weighted by atomic mass is 35.5. The maximum absolute atomic E-state index is 6.01. The molecule has 0 heterocycles. The summed E-state index contributed by atoms with van der Waals surface area (Å²) in [7, 11) is 0. The summed E-state index contributed by atoms with van der Waals surface area (Å²) < 4.78 is 0. The second-order valence-electron chi connectivity index (χ2n) is 3.59. The molecule has 0 aliphatic carbocycles. The molecule has 0 saturated carbocycles. The maximum atomic E-state index is 6.01. The summed E-state index contributed by atoms with van der Waals surface area (Å²) in [5.74, 6) is 0. The zero-order valence-electron chi connectivity index (χ0n) is 9.53. The molecule has 0 saturated heterocycles. The molecule has 1 radical (unpaired) electrons. The summed E-state index contributed by atoms with van der Waals surface area (Å²) in [6.07, 6.45) is 2.07. The summed E-state index contributed by atoms with van der Waals surface area (Å²) >= 11 is 7.74. The molecular weight excluding hydrogens is 250 g/mol. The number of hydrogen-bond acceptors (Lipinski definition) is 2. The lowest BCUT2D eigenvalue weighted by Gasteiger charge is -2.10. The van der Waals surface area contributed by atoms with Gasteiger partial charge in [0, 0.05) is 28.2 Å². The van der Waals surface area contributed by atoms with Crippen molar-refractivity contribution >= 4 is 29.1 Å². The second kappa shape index (κ2) is 5.99. The van der Waals surface area contributed by atoms with Crippen LogP contribution in [0.3, 0.4) is 0 Å². The van der Waals surface area contributed by atoms with Gasteiger partial charge in [0.15, 0.2) is 0 Å². The van der Waals surface area contributed by atoms with E-state index in [1.54, 1.807) is 11.8 Å². The van der Waals surface area contributed by atoms with E-state index in [1.807, 2.05) is 36.4 Å². The molecule has 0 aliphatic rings. The second-order valence-corrected chi connectivity index (χ2v) is 4.87. The Hall–Kier alpha value is -1.12. The quantitative estimate of drug-likeness (QED) is 0.816. The molecule has 0 amide bonds. The van der Waals surface area contributed by atoms with Gasteiger partial charge in [0.2, 0.25) is 0 Å². The predicted octanol–water partition coefficient (Wildman–Crippen LogP) is 4.47. The number of halogens is 1. The van der Waals surface area contributed by atoms with Gasteiger partial charge in [-0.25, -0.2) is 0 Å². The standard InChI is InChI=1S/C14H13ClNS/c1-17-14-8-7-12(15)9-11(14)10-16-13-5-3-2-4-6-13/h2-5,7-9,16H,10H2,1H3. The van der Waals surface area contributed by atoms with Crippen LogP contribution in [-0.2, 0) is 6.54 Å². The Morgan fingerprint density at radius 1 is 1.29 bits per heavy atom. The van der Waals surface area contributed by atoms with Crippen molar-refractivity contribution in [2.45, 2.75) is 11.4 Å².